The maximum Gasteiger partial charge on any atom is 0.394 e. The molecule has 13 heteroatoms. The van der Waals surface area contributed by atoms with Gasteiger partial charge in [-0.1, -0.05) is 0 Å². The zero-order valence-electron chi connectivity index (χ0n) is 24.2. The van der Waals surface area contributed by atoms with Crippen LogP contribution in [0.4, 0.5) is 19.0 Å². The Labute approximate surface area is 252 Å². The molecule has 2 fully saturated rings. The Morgan fingerprint density at radius 2 is 2.00 bits per heavy atom. The Morgan fingerprint density at radius 1 is 1.16 bits per heavy atom. The molecule has 1 saturated carbocycles. The summed E-state index contributed by atoms with van der Waals surface area (Å²) in [6.45, 7) is 5.62. The minimum absolute atomic E-state index is 0.0697. The summed E-state index contributed by atoms with van der Waals surface area (Å²) < 4.78 is 55.6. The molecule has 4 aliphatic rings. The number of pyridine rings is 2. The van der Waals surface area contributed by atoms with Crippen LogP contribution in [0.2, 0.25) is 0 Å². The van der Waals surface area contributed by atoms with Gasteiger partial charge in [0.05, 0.1) is 24.2 Å². The Hall–Kier alpha value is -3.48. The average molecular weight is 617 g/mol. The number of nitrogens with one attached hydrogen (secondary N) is 1. The van der Waals surface area contributed by atoms with Gasteiger partial charge in [-0.3, -0.25) is 9.52 Å². The molecule has 0 radical (unpaired) electrons. The zero-order chi connectivity index (χ0) is 30.2. The molecule has 230 valence electrons. The minimum atomic E-state index is -4.21. The number of anilines is 1. The van der Waals surface area contributed by atoms with Crippen molar-refractivity contribution in [2.75, 3.05) is 24.7 Å². The second kappa shape index (κ2) is 11.5. The number of aromatic nitrogens is 4. The van der Waals surface area contributed by atoms with Gasteiger partial charge < -0.3 is 14.4 Å². The van der Waals surface area contributed by atoms with Gasteiger partial charge in [0.25, 0.3) is 5.91 Å². The molecule has 1 amide bonds. The molecule has 1 atom stereocenters. The zero-order valence-corrected chi connectivity index (χ0v) is 25.0. The second-order valence-corrected chi connectivity index (χ2v) is 13.1. The van der Waals surface area contributed by atoms with Crippen molar-refractivity contribution in [2.45, 2.75) is 75.4 Å². The number of rotatable bonds is 5. The van der Waals surface area contributed by atoms with Crippen molar-refractivity contribution >= 4 is 23.7 Å². The van der Waals surface area contributed by atoms with Crippen molar-refractivity contribution in [3.8, 4) is 17.6 Å². The number of amides is 1. The molecule has 1 aliphatic carbocycles. The third-order valence-electron chi connectivity index (χ3n) is 8.63. The lowest BCUT2D eigenvalue weighted by molar-refractivity contribution is -0.190. The molecule has 3 aromatic rings. The summed E-state index contributed by atoms with van der Waals surface area (Å²) in [6, 6.07) is 8.71. The Bertz CT molecular complexity index is 1460. The van der Waals surface area contributed by atoms with Crippen LogP contribution >= 0.6 is 11.9 Å². The number of carbonyl (C=O) groups is 1. The maximum atomic E-state index is 13.5. The summed E-state index contributed by atoms with van der Waals surface area (Å²) >= 11 is 1.17. The van der Waals surface area contributed by atoms with Gasteiger partial charge in [-0.15, -0.1) is 5.10 Å². The SMILES string of the molecule is CC1(C)CC2CCCCOc3ccc(cn3)SNC(=O)c3ccc(-n4ccc(OCCC5(C(F)(F)F)CC5)n4)nc3N1C2. The molecular weight excluding hydrogens is 581 g/mol. The highest BCUT2D eigenvalue weighted by atomic mass is 32.2. The van der Waals surface area contributed by atoms with E-state index < -0.39 is 11.6 Å². The molecule has 6 heterocycles. The van der Waals surface area contributed by atoms with Crippen LogP contribution in [-0.2, 0) is 0 Å². The summed E-state index contributed by atoms with van der Waals surface area (Å²) in [5.74, 6) is 1.96. The fourth-order valence-corrected chi connectivity index (χ4v) is 6.54. The Balaban J connectivity index is 1.25. The molecule has 3 aromatic heterocycles. The molecule has 43 heavy (non-hydrogen) atoms. The van der Waals surface area contributed by atoms with Crippen molar-refractivity contribution in [1.82, 2.24) is 24.5 Å². The first-order chi connectivity index (χ1) is 20.5. The normalized spacial score (nSPS) is 21.5. The largest absolute Gasteiger partial charge is 0.478 e. The van der Waals surface area contributed by atoms with Crippen LogP contribution in [0.1, 0.15) is 69.2 Å². The highest BCUT2D eigenvalue weighted by molar-refractivity contribution is 7.98. The fourth-order valence-electron chi connectivity index (χ4n) is 5.98. The molecule has 1 unspecified atom stereocenters. The highest BCUT2D eigenvalue weighted by Gasteiger charge is 2.62. The minimum Gasteiger partial charge on any atom is -0.478 e. The van der Waals surface area contributed by atoms with E-state index in [9.17, 15) is 18.0 Å². The van der Waals surface area contributed by atoms with Crippen LogP contribution in [0.15, 0.2) is 47.6 Å². The number of hydrogen-bond acceptors (Lipinski definition) is 8. The van der Waals surface area contributed by atoms with E-state index in [1.807, 2.05) is 6.07 Å². The number of nitrogens with zero attached hydrogens (tertiary/aromatic N) is 5. The van der Waals surface area contributed by atoms with Crippen molar-refractivity contribution in [2.24, 2.45) is 11.3 Å². The first kappa shape index (κ1) is 29.6. The van der Waals surface area contributed by atoms with Gasteiger partial charge in [-0.05, 0) is 94.9 Å². The van der Waals surface area contributed by atoms with Gasteiger partial charge in [0, 0.05) is 41.5 Å². The first-order valence-corrected chi connectivity index (χ1v) is 15.5. The average Bonchev–Trinajstić information content (AvgIpc) is 3.52. The summed E-state index contributed by atoms with van der Waals surface area (Å²) in [4.78, 5) is 25.8. The standard InChI is InChI=1S/C30H35F3N6O3S/c1-28(2)17-20-5-3-4-15-41-24-9-6-21(18-34-24)43-37-27(40)22-7-8-23(35-26(22)38(28)19-20)39-14-10-25(36-39)42-16-13-29(11-12-29)30(31,32)33/h6-10,14,18,20H,3-5,11-13,15-17,19H2,1-2H3,(H,37,40). The van der Waals surface area contributed by atoms with E-state index in [0.29, 0.717) is 35.6 Å². The van der Waals surface area contributed by atoms with Crippen molar-refractivity contribution in [3.05, 3.63) is 48.3 Å². The Morgan fingerprint density at radius 3 is 2.74 bits per heavy atom. The summed E-state index contributed by atoms with van der Waals surface area (Å²) in [6.07, 6.45) is 3.24. The van der Waals surface area contributed by atoms with E-state index in [4.69, 9.17) is 14.5 Å². The van der Waals surface area contributed by atoms with Gasteiger partial charge in [-0.2, -0.15) is 13.2 Å². The lowest BCUT2D eigenvalue weighted by atomic mass is 9.93. The van der Waals surface area contributed by atoms with Crippen LogP contribution in [0, 0.1) is 11.3 Å². The number of hydrogen-bond donors (Lipinski definition) is 1. The van der Waals surface area contributed by atoms with Gasteiger partial charge in [0.1, 0.15) is 5.82 Å². The van der Waals surface area contributed by atoms with Gasteiger partial charge in [-0.25, -0.2) is 14.6 Å². The number of carbonyl (C=O) groups excluding carboxylic acids is 1. The van der Waals surface area contributed by atoms with Crippen LogP contribution in [0.5, 0.6) is 11.8 Å². The van der Waals surface area contributed by atoms with E-state index in [0.717, 1.165) is 37.1 Å². The number of ether oxygens (including phenoxy) is 2. The molecular formula is C30H35F3N6O3S. The second-order valence-electron chi connectivity index (χ2n) is 12.2. The molecule has 9 nitrogen and oxygen atoms in total. The predicted molar refractivity (Wildman–Crippen MR) is 156 cm³/mol. The molecule has 0 aromatic carbocycles. The van der Waals surface area contributed by atoms with E-state index in [-0.39, 0.29) is 43.2 Å². The Kier molecular flexibility index (Phi) is 7.95. The van der Waals surface area contributed by atoms with Crippen molar-refractivity contribution in [3.63, 3.8) is 0 Å². The number of alkyl halides is 3. The lowest BCUT2D eigenvalue weighted by Crippen LogP contribution is -2.40. The summed E-state index contributed by atoms with van der Waals surface area (Å²) in [7, 11) is 0. The molecule has 4 bridgehead atoms. The third kappa shape index (κ3) is 6.41. The number of fused-ring (bicyclic) bond motifs is 8. The predicted octanol–water partition coefficient (Wildman–Crippen LogP) is 6.38. The van der Waals surface area contributed by atoms with E-state index >= 15 is 0 Å². The van der Waals surface area contributed by atoms with Gasteiger partial charge in [0.2, 0.25) is 11.8 Å². The quantitative estimate of drug-likeness (QED) is 0.330. The smallest absolute Gasteiger partial charge is 0.394 e. The highest BCUT2D eigenvalue weighted by Crippen LogP contribution is 2.59. The summed E-state index contributed by atoms with van der Waals surface area (Å²) in [5.41, 5.74) is -1.42. The fraction of sp³-hybridized carbons (Fsp3) is 0.533. The molecule has 3 aliphatic heterocycles. The number of halogens is 3. The molecule has 7 rings (SSSR count). The topological polar surface area (TPSA) is 94.4 Å². The van der Waals surface area contributed by atoms with E-state index in [1.54, 1.807) is 36.7 Å². The van der Waals surface area contributed by atoms with E-state index in [2.05, 4.69) is 33.6 Å². The molecule has 1 N–H and O–H groups in total. The van der Waals surface area contributed by atoms with Gasteiger partial charge >= 0.3 is 6.18 Å². The maximum absolute atomic E-state index is 13.5. The van der Waals surface area contributed by atoms with Crippen LogP contribution < -0.4 is 19.1 Å². The van der Waals surface area contributed by atoms with E-state index in [1.165, 1.54) is 16.6 Å². The van der Waals surface area contributed by atoms with Crippen molar-refractivity contribution < 1.29 is 27.4 Å². The monoisotopic (exact) mass is 616 g/mol. The van der Waals surface area contributed by atoms with Crippen LogP contribution in [0.3, 0.4) is 0 Å². The first-order valence-electron chi connectivity index (χ1n) is 14.6. The lowest BCUT2D eigenvalue weighted by Gasteiger charge is -2.34. The summed E-state index contributed by atoms with van der Waals surface area (Å²) in [5, 5.41) is 4.42. The van der Waals surface area contributed by atoms with Crippen molar-refractivity contribution in [1.29, 1.82) is 0 Å². The van der Waals surface area contributed by atoms with Gasteiger partial charge in [0.15, 0.2) is 5.82 Å². The van der Waals surface area contributed by atoms with Crippen LogP contribution in [0.25, 0.3) is 5.82 Å². The molecule has 1 saturated heterocycles. The van der Waals surface area contributed by atoms with Crippen LogP contribution in [-0.4, -0.2) is 57.1 Å². The molecule has 0 spiro atoms. The third-order valence-corrected chi connectivity index (χ3v) is 9.40.